The molecule has 9 rings (SSSR count). The monoisotopic (exact) mass is 602 g/mol. The molecule has 0 bridgehead atoms. The second kappa shape index (κ2) is 10.9. The number of aryl methyl sites for hydroxylation is 2. The average molecular weight is 603 g/mol. The minimum Gasteiger partial charge on any atom is -0.458 e. The van der Waals surface area contributed by atoms with Gasteiger partial charge in [-0.15, -0.1) is 0 Å². The highest BCUT2D eigenvalue weighted by atomic mass is 16.5. The van der Waals surface area contributed by atoms with E-state index < -0.39 is 0 Å². The Morgan fingerprint density at radius 2 is 0.787 bits per heavy atom. The van der Waals surface area contributed by atoms with Crippen LogP contribution >= 0.6 is 0 Å². The molecule has 0 N–H and O–H groups in total. The highest BCUT2D eigenvalue weighted by Crippen LogP contribution is 2.47. The molecule has 2 nitrogen and oxygen atoms in total. The number of rotatable bonds is 4. The quantitative estimate of drug-likeness (QED) is 0.187. The summed E-state index contributed by atoms with van der Waals surface area (Å²) in [5, 5.41) is 0. The lowest BCUT2D eigenvalue weighted by molar-refractivity contribution is 0.467. The molecule has 3 heteroatoms. The first-order valence-electron chi connectivity index (χ1n) is 16.2. The van der Waals surface area contributed by atoms with Crippen molar-refractivity contribution in [3.05, 3.63) is 163 Å². The molecule has 7 aromatic rings. The molecule has 0 spiro atoms. The zero-order valence-corrected chi connectivity index (χ0v) is 26.3. The summed E-state index contributed by atoms with van der Waals surface area (Å²) >= 11 is 0. The van der Waals surface area contributed by atoms with Crippen LogP contribution in [0, 0.1) is 13.8 Å². The second-order valence-corrected chi connectivity index (χ2v) is 12.5. The van der Waals surface area contributed by atoms with Crippen molar-refractivity contribution >= 4 is 23.1 Å². The predicted octanol–water partition coefficient (Wildman–Crippen LogP) is 9.70. The van der Waals surface area contributed by atoms with Gasteiger partial charge in [0.15, 0.2) is 0 Å². The Labute approximate surface area is 276 Å². The maximum Gasteiger partial charge on any atom is 0.260 e. The zero-order chi connectivity index (χ0) is 31.5. The van der Waals surface area contributed by atoms with E-state index in [4.69, 9.17) is 9.47 Å². The van der Waals surface area contributed by atoms with Crippen LogP contribution in [0.25, 0.3) is 44.5 Å². The van der Waals surface area contributed by atoms with Crippen LogP contribution < -0.4 is 25.9 Å². The summed E-state index contributed by atoms with van der Waals surface area (Å²) in [6.45, 7) is 4.32. The lowest BCUT2D eigenvalue weighted by Gasteiger charge is -2.35. The smallest absolute Gasteiger partial charge is 0.260 e. The Morgan fingerprint density at radius 1 is 0.383 bits per heavy atom. The summed E-state index contributed by atoms with van der Waals surface area (Å²) in [6, 6.07) is 54.0. The van der Waals surface area contributed by atoms with Crippen molar-refractivity contribution in [3.63, 3.8) is 0 Å². The molecule has 2 aliphatic heterocycles. The van der Waals surface area contributed by atoms with Gasteiger partial charge in [-0.1, -0.05) is 121 Å². The van der Waals surface area contributed by atoms with Gasteiger partial charge in [-0.05, 0) is 99.6 Å². The van der Waals surface area contributed by atoms with E-state index in [1.54, 1.807) is 0 Å². The van der Waals surface area contributed by atoms with Crippen molar-refractivity contribution in [1.82, 2.24) is 0 Å². The minimum absolute atomic E-state index is 0.0206. The summed E-state index contributed by atoms with van der Waals surface area (Å²) in [4.78, 5) is 0. The van der Waals surface area contributed by atoms with Crippen LogP contribution in [0.5, 0.6) is 23.0 Å². The van der Waals surface area contributed by atoms with E-state index in [2.05, 4.69) is 166 Å². The zero-order valence-electron chi connectivity index (χ0n) is 26.3. The maximum absolute atomic E-state index is 6.91. The fourth-order valence-corrected chi connectivity index (χ4v) is 7.40. The van der Waals surface area contributed by atoms with E-state index in [1.165, 1.54) is 33.4 Å². The summed E-state index contributed by atoms with van der Waals surface area (Å²) in [5.41, 5.74) is 15.0. The van der Waals surface area contributed by atoms with Gasteiger partial charge in [0, 0.05) is 16.6 Å². The van der Waals surface area contributed by atoms with Crippen LogP contribution in [-0.2, 0) is 0 Å². The summed E-state index contributed by atoms with van der Waals surface area (Å²) in [5.74, 6) is 3.49. The van der Waals surface area contributed by atoms with Crippen LogP contribution in [0.1, 0.15) is 11.1 Å². The van der Waals surface area contributed by atoms with E-state index in [-0.39, 0.29) is 6.71 Å². The van der Waals surface area contributed by atoms with E-state index >= 15 is 0 Å². The van der Waals surface area contributed by atoms with Crippen molar-refractivity contribution in [2.24, 2.45) is 0 Å². The topological polar surface area (TPSA) is 18.5 Å². The number of benzene rings is 7. The van der Waals surface area contributed by atoms with Gasteiger partial charge < -0.3 is 9.47 Å². The largest absolute Gasteiger partial charge is 0.458 e. The van der Waals surface area contributed by atoms with Crippen LogP contribution in [0.3, 0.4) is 0 Å². The number of hydrogen-bond donors (Lipinski definition) is 0. The van der Waals surface area contributed by atoms with Crippen molar-refractivity contribution in [3.8, 4) is 67.5 Å². The summed E-state index contributed by atoms with van der Waals surface area (Å²) in [6.07, 6.45) is 0. The molecule has 47 heavy (non-hydrogen) atoms. The fourth-order valence-electron chi connectivity index (χ4n) is 7.40. The average Bonchev–Trinajstić information content (AvgIpc) is 3.12. The Balaban J connectivity index is 1.33. The SMILES string of the molecule is Cc1ccccc1-c1cccc(-c2cc(-c3cccc(-c4ccccc4C)c3)c3c4c2Oc2ccccc2B4c2ccccc2O3)c1. The third kappa shape index (κ3) is 4.50. The van der Waals surface area contributed by atoms with Gasteiger partial charge in [0.25, 0.3) is 6.71 Å². The number of fused-ring (bicyclic) bond motifs is 4. The molecule has 2 aliphatic rings. The Kier molecular flexibility index (Phi) is 6.40. The minimum atomic E-state index is -0.0206. The molecule has 0 saturated heterocycles. The number of ether oxygens (including phenoxy) is 2. The Bertz CT molecular complexity index is 2190. The van der Waals surface area contributed by atoms with Crippen LogP contribution in [-0.4, -0.2) is 6.71 Å². The normalized spacial score (nSPS) is 12.3. The molecule has 0 amide bonds. The van der Waals surface area contributed by atoms with E-state index in [0.29, 0.717) is 0 Å². The van der Waals surface area contributed by atoms with Gasteiger partial charge in [0.05, 0.1) is 0 Å². The summed E-state index contributed by atoms with van der Waals surface area (Å²) < 4.78 is 13.8. The Hall–Kier alpha value is -5.80. The summed E-state index contributed by atoms with van der Waals surface area (Å²) in [7, 11) is 0. The third-order valence-corrected chi connectivity index (χ3v) is 9.70. The van der Waals surface area contributed by atoms with Gasteiger partial charge in [-0.3, -0.25) is 0 Å². The lowest BCUT2D eigenvalue weighted by Crippen LogP contribution is -2.57. The number of hydrogen-bond acceptors (Lipinski definition) is 2. The molecular formula is C44H31BO2. The fraction of sp³-hybridized carbons (Fsp3) is 0.0455. The first-order chi connectivity index (χ1) is 23.1. The van der Waals surface area contributed by atoms with E-state index in [9.17, 15) is 0 Å². The van der Waals surface area contributed by atoms with Crippen LogP contribution in [0.2, 0.25) is 0 Å². The first kappa shape index (κ1) is 27.5. The highest BCUT2D eigenvalue weighted by molar-refractivity contribution is 6.98. The molecule has 0 fully saturated rings. The van der Waals surface area contributed by atoms with E-state index in [1.807, 2.05) is 0 Å². The first-order valence-corrected chi connectivity index (χ1v) is 16.2. The van der Waals surface area contributed by atoms with Gasteiger partial charge in [0.1, 0.15) is 23.0 Å². The molecule has 0 atom stereocenters. The molecule has 2 heterocycles. The van der Waals surface area contributed by atoms with Gasteiger partial charge in [-0.25, -0.2) is 0 Å². The van der Waals surface area contributed by atoms with Gasteiger partial charge >= 0.3 is 0 Å². The molecule has 0 aliphatic carbocycles. The Morgan fingerprint density at radius 3 is 1.26 bits per heavy atom. The predicted molar refractivity (Wildman–Crippen MR) is 195 cm³/mol. The molecule has 0 unspecified atom stereocenters. The highest BCUT2D eigenvalue weighted by Gasteiger charge is 2.42. The van der Waals surface area contributed by atoms with Crippen molar-refractivity contribution in [2.75, 3.05) is 0 Å². The molecule has 0 saturated carbocycles. The van der Waals surface area contributed by atoms with Crippen LogP contribution in [0.4, 0.5) is 0 Å². The maximum atomic E-state index is 6.91. The van der Waals surface area contributed by atoms with Gasteiger partial charge in [-0.2, -0.15) is 0 Å². The standard InChI is InChI=1S/C44H31BO2/c1-28-13-3-5-19-34(28)30-15-11-17-32(25-30)36-27-37(33-18-12-16-31(26-33)35-20-6-4-14-29(35)2)44-42-43(36)46-40-23-9-7-21-38(40)45(42)39-22-8-10-24-41(39)47-44/h3-27H,1-2H3. The van der Waals surface area contributed by atoms with Crippen molar-refractivity contribution in [1.29, 1.82) is 0 Å². The number of para-hydroxylation sites is 2. The van der Waals surface area contributed by atoms with Crippen molar-refractivity contribution < 1.29 is 9.47 Å². The lowest BCUT2D eigenvalue weighted by atomic mass is 9.34. The molecule has 7 aromatic carbocycles. The van der Waals surface area contributed by atoms with Crippen LogP contribution in [0.15, 0.2) is 152 Å². The second-order valence-electron chi connectivity index (χ2n) is 12.5. The van der Waals surface area contributed by atoms with Gasteiger partial charge in [0.2, 0.25) is 0 Å². The molecular weight excluding hydrogens is 571 g/mol. The molecule has 222 valence electrons. The van der Waals surface area contributed by atoms with Crippen molar-refractivity contribution in [2.45, 2.75) is 13.8 Å². The third-order valence-electron chi connectivity index (χ3n) is 9.70. The van der Waals surface area contributed by atoms with E-state index in [0.717, 1.165) is 61.6 Å². The molecule has 0 radical (unpaired) electrons. The molecule has 0 aromatic heterocycles.